The maximum atomic E-state index is 9.96. The van der Waals surface area contributed by atoms with Crippen LogP contribution in [0.15, 0.2) is 42.7 Å². The molecular weight excluding hydrogens is 264 g/mol. The number of aromatic nitrogens is 1. The molecule has 104 valence electrons. The average molecular weight is 278 g/mol. The molecule has 0 unspecified atom stereocenters. The van der Waals surface area contributed by atoms with Gasteiger partial charge in [0.2, 0.25) is 0 Å². The molecule has 2 aromatic heterocycles. The number of aryl methyl sites for hydroxylation is 2. The van der Waals surface area contributed by atoms with Crippen LogP contribution >= 0.6 is 0 Å². The van der Waals surface area contributed by atoms with Crippen molar-refractivity contribution in [3.05, 3.63) is 59.4 Å². The smallest absolute Gasteiger partial charge is 0.169 e. The predicted molar refractivity (Wildman–Crippen MR) is 79.8 cm³/mol. The maximum absolute atomic E-state index is 9.96. The highest BCUT2D eigenvalue weighted by atomic mass is 16.5. The lowest BCUT2D eigenvalue weighted by Gasteiger charge is -2.11. The van der Waals surface area contributed by atoms with E-state index in [0.717, 1.165) is 16.6 Å². The van der Waals surface area contributed by atoms with Gasteiger partial charge in [0.15, 0.2) is 17.2 Å². The molecule has 1 N–H and O–H groups in total. The fraction of sp³-hybridized carbons (Fsp3) is 0.118. The molecule has 4 heteroatoms. The Hall–Kier alpha value is -2.93. The van der Waals surface area contributed by atoms with Gasteiger partial charge in [0, 0.05) is 12.4 Å². The Morgan fingerprint density at radius 2 is 1.86 bits per heavy atom. The predicted octanol–water partition coefficient (Wildman–Crippen LogP) is 3.93. The maximum Gasteiger partial charge on any atom is 0.169 e. The van der Waals surface area contributed by atoms with Gasteiger partial charge in [-0.1, -0.05) is 6.07 Å². The Morgan fingerprint density at radius 1 is 1.05 bits per heavy atom. The molecule has 0 amide bonds. The minimum absolute atomic E-state index is 0.0988. The van der Waals surface area contributed by atoms with Gasteiger partial charge in [0.05, 0.1) is 11.1 Å². The number of benzene rings is 1. The third-order valence-electron chi connectivity index (χ3n) is 3.27. The number of nitrogens with zero attached hydrogens (tertiary/aromatic N) is 2. The van der Waals surface area contributed by atoms with Gasteiger partial charge >= 0.3 is 0 Å². The Morgan fingerprint density at radius 3 is 2.57 bits per heavy atom. The molecule has 0 aliphatic heterocycles. The normalized spacial score (nSPS) is 10.5. The Kier molecular flexibility index (Phi) is 3.03. The second-order valence-electron chi connectivity index (χ2n) is 5.09. The first-order valence-electron chi connectivity index (χ1n) is 6.57. The van der Waals surface area contributed by atoms with Gasteiger partial charge in [-0.15, -0.1) is 0 Å². The van der Waals surface area contributed by atoms with Crippen molar-refractivity contribution in [2.75, 3.05) is 0 Å². The zero-order valence-corrected chi connectivity index (χ0v) is 11.8. The van der Waals surface area contributed by atoms with E-state index in [1.54, 1.807) is 24.4 Å². The molecule has 3 rings (SSSR count). The molecular formula is C17H14N2O2. The summed E-state index contributed by atoms with van der Waals surface area (Å²) in [5.41, 5.74) is 3.32. The van der Waals surface area contributed by atoms with Crippen LogP contribution in [-0.4, -0.2) is 9.51 Å². The lowest BCUT2D eigenvalue weighted by molar-refractivity contribution is 0.412. The monoisotopic (exact) mass is 278 g/mol. The van der Waals surface area contributed by atoms with Crippen molar-refractivity contribution in [1.82, 2.24) is 4.40 Å². The molecule has 3 aromatic rings. The van der Waals surface area contributed by atoms with E-state index in [4.69, 9.17) is 10.00 Å². The molecule has 0 aliphatic carbocycles. The van der Waals surface area contributed by atoms with E-state index in [2.05, 4.69) is 6.07 Å². The lowest BCUT2D eigenvalue weighted by Crippen LogP contribution is -1.91. The van der Waals surface area contributed by atoms with E-state index in [9.17, 15) is 5.11 Å². The number of aromatic hydroxyl groups is 1. The van der Waals surface area contributed by atoms with Crippen LogP contribution in [0.1, 0.15) is 16.7 Å². The third-order valence-corrected chi connectivity index (χ3v) is 3.27. The first-order valence-corrected chi connectivity index (χ1v) is 6.57. The summed E-state index contributed by atoms with van der Waals surface area (Å²) in [6, 6.07) is 11.0. The molecule has 0 radical (unpaired) electrons. The van der Waals surface area contributed by atoms with Gasteiger partial charge < -0.3 is 14.2 Å². The van der Waals surface area contributed by atoms with Crippen LogP contribution < -0.4 is 4.74 Å². The highest BCUT2D eigenvalue weighted by Crippen LogP contribution is 2.34. The van der Waals surface area contributed by atoms with E-state index in [0.29, 0.717) is 17.1 Å². The molecule has 0 saturated carbocycles. The number of phenolic OH excluding ortho intramolecular Hbond substituents is 1. The molecule has 21 heavy (non-hydrogen) atoms. The summed E-state index contributed by atoms with van der Waals surface area (Å²) < 4.78 is 7.69. The van der Waals surface area contributed by atoms with Gasteiger partial charge in [0.1, 0.15) is 6.07 Å². The summed E-state index contributed by atoms with van der Waals surface area (Å²) in [4.78, 5) is 0. The van der Waals surface area contributed by atoms with Crippen LogP contribution in [0.3, 0.4) is 0 Å². The topological polar surface area (TPSA) is 57.7 Å². The summed E-state index contributed by atoms with van der Waals surface area (Å²) in [7, 11) is 0. The second-order valence-corrected chi connectivity index (χ2v) is 5.09. The van der Waals surface area contributed by atoms with Gasteiger partial charge in [-0.05, 0) is 49.2 Å². The number of phenols is 1. The van der Waals surface area contributed by atoms with Gasteiger partial charge in [-0.2, -0.15) is 5.26 Å². The standard InChI is InChI=1S/C17H14N2O2/c1-11-3-4-16(15(20)5-11)21-17-6-12(2)9-19-10-13(8-18)7-14(17)19/h3-7,9-10,20H,1-2H3. The minimum Gasteiger partial charge on any atom is -0.504 e. The summed E-state index contributed by atoms with van der Waals surface area (Å²) in [5, 5.41) is 19.0. The van der Waals surface area contributed by atoms with Crippen molar-refractivity contribution in [1.29, 1.82) is 5.26 Å². The van der Waals surface area contributed by atoms with Crippen molar-refractivity contribution in [3.8, 4) is 23.3 Å². The average Bonchev–Trinajstić information content (AvgIpc) is 2.85. The van der Waals surface area contributed by atoms with E-state index in [1.165, 1.54) is 0 Å². The zero-order chi connectivity index (χ0) is 15.0. The van der Waals surface area contributed by atoms with Crippen molar-refractivity contribution >= 4 is 5.52 Å². The van der Waals surface area contributed by atoms with Crippen LogP contribution in [0.2, 0.25) is 0 Å². The van der Waals surface area contributed by atoms with Gasteiger partial charge in [0.25, 0.3) is 0 Å². The highest BCUT2D eigenvalue weighted by Gasteiger charge is 2.10. The number of fused-ring (bicyclic) bond motifs is 1. The number of hydrogen-bond acceptors (Lipinski definition) is 3. The first kappa shape index (κ1) is 13.1. The van der Waals surface area contributed by atoms with Gasteiger partial charge in [-0.25, -0.2) is 0 Å². The molecule has 4 nitrogen and oxygen atoms in total. The second kappa shape index (κ2) is 4.88. The Labute approximate surface area is 122 Å². The molecule has 1 aromatic carbocycles. The van der Waals surface area contributed by atoms with E-state index in [-0.39, 0.29) is 5.75 Å². The summed E-state index contributed by atoms with van der Waals surface area (Å²) >= 11 is 0. The van der Waals surface area contributed by atoms with Crippen LogP contribution in [-0.2, 0) is 0 Å². The quantitative estimate of drug-likeness (QED) is 0.772. The molecule has 0 fully saturated rings. The van der Waals surface area contributed by atoms with Crippen molar-refractivity contribution < 1.29 is 9.84 Å². The largest absolute Gasteiger partial charge is 0.504 e. The van der Waals surface area contributed by atoms with Gasteiger partial charge in [-0.3, -0.25) is 0 Å². The number of nitriles is 1. The molecule has 0 spiro atoms. The van der Waals surface area contributed by atoms with E-state index in [1.807, 2.05) is 36.6 Å². The molecule has 0 saturated heterocycles. The number of rotatable bonds is 2. The van der Waals surface area contributed by atoms with E-state index < -0.39 is 0 Å². The first-order chi connectivity index (χ1) is 10.1. The summed E-state index contributed by atoms with van der Waals surface area (Å²) in [5.74, 6) is 1.10. The SMILES string of the molecule is Cc1ccc(Oc2cc(C)cn3cc(C#N)cc23)c(O)c1. The molecule has 2 heterocycles. The van der Waals surface area contributed by atoms with Crippen molar-refractivity contribution in [2.45, 2.75) is 13.8 Å². The fourth-order valence-electron chi connectivity index (χ4n) is 2.30. The summed E-state index contributed by atoms with van der Waals surface area (Å²) in [6.07, 6.45) is 3.68. The van der Waals surface area contributed by atoms with Crippen molar-refractivity contribution in [3.63, 3.8) is 0 Å². The number of ether oxygens (including phenoxy) is 1. The summed E-state index contributed by atoms with van der Waals surface area (Å²) in [6.45, 7) is 3.86. The minimum atomic E-state index is 0.0988. The van der Waals surface area contributed by atoms with E-state index >= 15 is 0 Å². The third kappa shape index (κ3) is 2.41. The lowest BCUT2D eigenvalue weighted by atomic mass is 10.2. The number of pyridine rings is 1. The number of hydrogen-bond donors (Lipinski definition) is 1. The fourth-order valence-corrected chi connectivity index (χ4v) is 2.30. The van der Waals surface area contributed by atoms with Crippen LogP contribution in [0.5, 0.6) is 17.2 Å². The van der Waals surface area contributed by atoms with Crippen LogP contribution in [0.25, 0.3) is 5.52 Å². The molecule has 0 atom stereocenters. The van der Waals surface area contributed by atoms with Crippen LogP contribution in [0.4, 0.5) is 0 Å². The molecule has 0 bridgehead atoms. The Bertz CT molecular complexity index is 872. The molecule has 0 aliphatic rings. The van der Waals surface area contributed by atoms with Crippen LogP contribution in [0, 0.1) is 25.2 Å². The Balaban J connectivity index is 2.11. The highest BCUT2D eigenvalue weighted by molar-refractivity contribution is 5.66. The van der Waals surface area contributed by atoms with Crippen molar-refractivity contribution in [2.24, 2.45) is 0 Å². The zero-order valence-electron chi connectivity index (χ0n) is 11.8.